The second-order valence-corrected chi connectivity index (χ2v) is 5.41. The first-order valence-electron chi connectivity index (χ1n) is 6.45. The van der Waals surface area contributed by atoms with Crippen LogP contribution in [0.25, 0.3) is 11.2 Å². The zero-order valence-corrected chi connectivity index (χ0v) is 11.1. The predicted molar refractivity (Wildman–Crippen MR) is 71.5 cm³/mol. The number of imidazole rings is 1. The Bertz CT molecular complexity index is 865. The third-order valence-electron chi connectivity index (χ3n) is 4.38. The molecule has 0 spiro atoms. The Labute approximate surface area is 121 Å². The summed E-state index contributed by atoms with van der Waals surface area (Å²) in [6.07, 6.45) is -2.34. The number of nitrogen functional groups attached to an aromatic ring is 1. The lowest BCUT2D eigenvalue weighted by molar-refractivity contribution is -0.0763. The second-order valence-electron chi connectivity index (χ2n) is 5.41. The first-order valence-corrected chi connectivity index (χ1v) is 6.45. The van der Waals surface area contributed by atoms with E-state index in [0.29, 0.717) is 0 Å². The highest BCUT2D eigenvalue weighted by atomic mass is 19.1. The van der Waals surface area contributed by atoms with Crippen LogP contribution in [0, 0.1) is 0 Å². The number of aromatic amines is 1. The van der Waals surface area contributed by atoms with Gasteiger partial charge < -0.3 is 20.7 Å². The molecule has 2 aromatic rings. The first kappa shape index (κ1) is 13.4. The van der Waals surface area contributed by atoms with Crippen LogP contribution in [0.4, 0.5) is 10.3 Å². The number of hydrogen-bond acceptors (Lipinski definition) is 7. The van der Waals surface area contributed by atoms with E-state index in [0.717, 1.165) is 10.6 Å². The maximum Gasteiger partial charge on any atom is 0.280 e. The molecule has 0 amide bonds. The van der Waals surface area contributed by atoms with Crippen molar-refractivity contribution in [3.63, 3.8) is 0 Å². The maximum atomic E-state index is 14.6. The van der Waals surface area contributed by atoms with E-state index in [2.05, 4.69) is 21.5 Å². The normalized spacial score (nSPS) is 39.9. The predicted octanol–water partition coefficient (Wildman–Crippen LogP) is -1.40. The van der Waals surface area contributed by atoms with Crippen LogP contribution < -0.4 is 11.3 Å². The zero-order chi connectivity index (χ0) is 15.9. The van der Waals surface area contributed by atoms with Gasteiger partial charge in [-0.3, -0.25) is 14.3 Å². The van der Waals surface area contributed by atoms with Crippen molar-refractivity contribution in [3.8, 4) is 0 Å². The summed E-state index contributed by atoms with van der Waals surface area (Å²) in [5.41, 5.74) is 1.22. The Kier molecular flexibility index (Phi) is 2.26. The van der Waals surface area contributed by atoms with Gasteiger partial charge in [0.1, 0.15) is 6.10 Å². The third kappa shape index (κ3) is 1.22. The van der Waals surface area contributed by atoms with Crippen molar-refractivity contribution in [2.75, 3.05) is 5.73 Å². The molecule has 22 heavy (non-hydrogen) atoms. The maximum absolute atomic E-state index is 14.6. The summed E-state index contributed by atoms with van der Waals surface area (Å²) >= 11 is 0. The van der Waals surface area contributed by atoms with Gasteiger partial charge in [-0.1, -0.05) is 6.08 Å². The van der Waals surface area contributed by atoms with Crippen LogP contribution >= 0.6 is 0 Å². The molecule has 2 aromatic heterocycles. The number of nitrogens with two attached hydrogens (primary N) is 1. The SMILES string of the molecule is C=C[C@]12O[C@@H](n3cnc4c(=O)[nH]c(N)nc43)[C@H](F)[C@@]1(O)C2O. The van der Waals surface area contributed by atoms with Crippen LogP contribution in [0.15, 0.2) is 23.8 Å². The number of rotatable bonds is 2. The Morgan fingerprint density at radius 2 is 2.36 bits per heavy atom. The molecular formula is C12H12FN5O4. The van der Waals surface area contributed by atoms with Gasteiger partial charge in [-0.05, 0) is 0 Å². The van der Waals surface area contributed by atoms with Gasteiger partial charge in [0.05, 0.1) is 6.33 Å². The summed E-state index contributed by atoms with van der Waals surface area (Å²) in [5, 5.41) is 20.0. The van der Waals surface area contributed by atoms with E-state index in [9.17, 15) is 19.4 Å². The molecule has 1 aliphatic heterocycles. The fraction of sp³-hybridized carbons (Fsp3) is 0.417. The minimum Gasteiger partial charge on any atom is -0.386 e. The number of alkyl halides is 1. The highest BCUT2D eigenvalue weighted by Crippen LogP contribution is 2.64. The standard InChI is InChI=1S/C12H12FN5O4/c1-2-11-9(20)12(11,21)5(13)8(22-11)18-3-15-4-6(18)16-10(14)17-7(4)19/h2-3,5,8-9,20-21H,1H2,(H3,14,16,17,19)/t5-,8+,9?,11+,12+/m0/s1. The minimum absolute atomic E-state index is 0.0208. The van der Waals surface area contributed by atoms with E-state index in [1.807, 2.05) is 0 Å². The minimum atomic E-state index is -2.08. The molecular weight excluding hydrogens is 297 g/mol. The average molecular weight is 309 g/mol. The van der Waals surface area contributed by atoms with E-state index in [4.69, 9.17) is 10.5 Å². The molecule has 116 valence electrons. The molecule has 0 aromatic carbocycles. The smallest absolute Gasteiger partial charge is 0.280 e. The fourth-order valence-electron chi connectivity index (χ4n) is 3.11. The lowest BCUT2D eigenvalue weighted by Crippen LogP contribution is -2.33. The van der Waals surface area contributed by atoms with Gasteiger partial charge in [0.2, 0.25) is 5.95 Å². The number of aromatic nitrogens is 4. The summed E-state index contributed by atoms with van der Waals surface area (Å²) < 4.78 is 21.2. The van der Waals surface area contributed by atoms with Gasteiger partial charge in [-0.25, -0.2) is 9.37 Å². The summed E-state index contributed by atoms with van der Waals surface area (Å²) in [7, 11) is 0. The summed E-state index contributed by atoms with van der Waals surface area (Å²) in [5.74, 6) is -0.157. The van der Waals surface area contributed by atoms with E-state index in [1.165, 1.54) is 6.33 Å². The zero-order valence-electron chi connectivity index (χ0n) is 11.1. The fourth-order valence-corrected chi connectivity index (χ4v) is 3.11. The van der Waals surface area contributed by atoms with Crippen molar-refractivity contribution in [2.45, 2.75) is 29.7 Å². The monoisotopic (exact) mass is 309 g/mol. The average Bonchev–Trinajstić information content (AvgIpc) is 2.81. The number of fused-ring (bicyclic) bond motifs is 2. The van der Waals surface area contributed by atoms with Crippen molar-refractivity contribution in [2.24, 2.45) is 0 Å². The van der Waals surface area contributed by atoms with Crippen LogP contribution in [0.1, 0.15) is 6.23 Å². The van der Waals surface area contributed by atoms with E-state index >= 15 is 0 Å². The van der Waals surface area contributed by atoms with Crippen LogP contribution in [-0.2, 0) is 4.74 Å². The van der Waals surface area contributed by atoms with Crippen LogP contribution in [-0.4, -0.2) is 53.2 Å². The molecule has 2 aliphatic rings. The molecule has 5 atom stereocenters. The molecule has 5 N–H and O–H groups in total. The Morgan fingerprint density at radius 1 is 1.64 bits per heavy atom. The summed E-state index contributed by atoms with van der Waals surface area (Å²) in [6.45, 7) is 3.47. The lowest BCUT2D eigenvalue weighted by atomic mass is 10.1. The first-order chi connectivity index (χ1) is 10.4. The summed E-state index contributed by atoms with van der Waals surface area (Å²) in [6, 6.07) is 0. The number of halogens is 1. The lowest BCUT2D eigenvalue weighted by Gasteiger charge is -2.21. The van der Waals surface area contributed by atoms with Crippen molar-refractivity contribution in [1.29, 1.82) is 0 Å². The van der Waals surface area contributed by atoms with Crippen LogP contribution in [0.3, 0.4) is 0 Å². The van der Waals surface area contributed by atoms with Gasteiger partial charge in [-0.2, -0.15) is 4.98 Å². The molecule has 10 heteroatoms. The van der Waals surface area contributed by atoms with E-state index in [-0.39, 0.29) is 17.1 Å². The number of aliphatic hydroxyl groups excluding tert-OH is 1. The molecule has 0 bridgehead atoms. The number of ether oxygens (including phenoxy) is 1. The van der Waals surface area contributed by atoms with Gasteiger partial charge in [-0.15, -0.1) is 6.58 Å². The quantitative estimate of drug-likeness (QED) is 0.500. The molecule has 3 heterocycles. The van der Waals surface area contributed by atoms with Crippen molar-refractivity contribution >= 4 is 17.1 Å². The third-order valence-corrected chi connectivity index (χ3v) is 4.38. The topological polar surface area (TPSA) is 139 Å². The largest absolute Gasteiger partial charge is 0.386 e. The molecule has 1 aliphatic carbocycles. The van der Waals surface area contributed by atoms with Gasteiger partial charge in [0, 0.05) is 0 Å². The van der Waals surface area contributed by atoms with Gasteiger partial charge in [0.15, 0.2) is 34.8 Å². The van der Waals surface area contributed by atoms with Crippen LogP contribution in [0.2, 0.25) is 0 Å². The molecule has 0 radical (unpaired) electrons. The van der Waals surface area contributed by atoms with Gasteiger partial charge >= 0.3 is 0 Å². The van der Waals surface area contributed by atoms with Crippen molar-refractivity contribution in [3.05, 3.63) is 29.3 Å². The molecule has 1 unspecified atom stereocenters. The van der Waals surface area contributed by atoms with Crippen LogP contribution in [0.5, 0.6) is 0 Å². The summed E-state index contributed by atoms with van der Waals surface area (Å²) in [4.78, 5) is 21.8. The molecule has 9 nitrogen and oxygen atoms in total. The molecule has 1 saturated carbocycles. The van der Waals surface area contributed by atoms with Crippen molar-refractivity contribution < 1.29 is 19.3 Å². The number of anilines is 1. The Balaban J connectivity index is 1.85. The highest BCUT2D eigenvalue weighted by Gasteiger charge is 2.87. The number of aliphatic hydroxyl groups is 2. The number of nitrogens with one attached hydrogen (secondary N) is 1. The molecule has 2 fully saturated rings. The molecule has 4 rings (SSSR count). The second kappa shape index (κ2) is 3.72. The van der Waals surface area contributed by atoms with Gasteiger partial charge in [0.25, 0.3) is 5.56 Å². The number of nitrogens with zero attached hydrogens (tertiary/aromatic N) is 3. The highest BCUT2D eigenvalue weighted by molar-refractivity contribution is 5.70. The number of hydrogen-bond donors (Lipinski definition) is 4. The van der Waals surface area contributed by atoms with Crippen molar-refractivity contribution in [1.82, 2.24) is 19.5 Å². The Hall–Kier alpha value is -2.30. The Morgan fingerprint density at radius 3 is 3.00 bits per heavy atom. The molecule has 1 saturated heterocycles. The van der Waals surface area contributed by atoms with E-state index in [1.54, 1.807) is 0 Å². The van der Waals surface area contributed by atoms with E-state index < -0.39 is 35.3 Å². The number of H-pyrrole nitrogens is 1.